The summed E-state index contributed by atoms with van der Waals surface area (Å²) in [6.07, 6.45) is -3.35. The second-order valence-electron chi connectivity index (χ2n) is 7.28. The molecule has 0 bridgehead atoms. The molecule has 8 heteroatoms. The highest BCUT2D eigenvalue weighted by Gasteiger charge is 2.57. The Balaban J connectivity index is 1.66. The molecule has 0 amide bonds. The molecule has 2 heterocycles. The molecule has 8 nitrogen and oxygen atoms in total. The van der Waals surface area contributed by atoms with Crippen molar-refractivity contribution in [2.75, 3.05) is 28.4 Å². The van der Waals surface area contributed by atoms with Crippen LogP contribution in [0.3, 0.4) is 0 Å². The van der Waals surface area contributed by atoms with Crippen molar-refractivity contribution < 1.29 is 38.6 Å². The summed E-state index contributed by atoms with van der Waals surface area (Å²) in [4.78, 5) is 0. The highest BCUT2D eigenvalue weighted by atomic mass is 16.7. The lowest BCUT2D eigenvalue weighted by Gasteiger charge is -2.21. The van der Waals surface area contributed by atoms with Crippen LogP contribution in [0, 0.1) is 11.8 Å². The van der Waals surface area contributed by atoms with Crippen molar-refractivity contribution in [2.45, 2.75) is 24.8 Å². The van der Waals surface area contributed by atoms with Gasteiger partial charge in [-0.15, -0.1) is 0 Å². The first kappa shape index (κ1) is 20.7. The monoisotopic (exact) mass is 418 g/mol. The van der Waals surface area contributed by atoms with Gasteiger partial charge in [0.15, 0.2) is 35.6 Å². The third-order valence-corrected chi connectivity index (χ3v) is 5.85. The van der Waals surface area contributed by atoms with Crippen molar-refractivity contribution in [1.29, 1.82) is 0 Å². The van der Waals surface area contributed by atoms with Crippen LogP contribution in [0.25, 0.3) is 0 Å². The van der Waals surface area contributed by atoms with Crippen molar-refractivity contribution in [1.82, 2.24) is 0 Å². The Hall–Kier alpha value is -2.52. The molecule has 2 fully saturated rings. The topological polar surface area (TPSA) is 95.8 Å². The van der Waals surface area contributed by atoms with Gasteiger partial charge in [0.25, 0.3) is 0 Å². The summed E-state index contributed by atoms with van der Waals surface area (Å²) < 4.78 is 33.1. The molecule has 6 atom stereocenters. The van der Waals surface area contributed by atoms with Gasteiger partial charge < -0.3 is 38.6 Å². The zero-order valence-corrected chi connectivity index (χ0v) is 17.3. The first-order valence-corrected chi connectivity index (χ1v) is 9.63. The normalized spacial score (nSPS) is 30.1. The van der Waals surface area contributed by atoms with E-state index >= 15 is 0 Å². The summed E-state index contributed by atoms with van der Waals surface area (Å²) in [5.41, 5.74) is 1.52. The minimum Gasteiger partial charge on any atom is -0.493 e. The smallest absolute Gasteiger partial charge is 0.161 e. The third-order valence-electron chi connectivity index (χ3n) is 5.85. The molecular weight excluding hydrogens is 392 g/mol. The molecule has 2 aromatic carbocycles. The summed E-state index contributed by atoms with van der Waals surface area (Å²) in [5, 5.41) is 21.4. The van der Waals surface area contributed by atoms with Crippen LogP contribution in [0.4, 0.5) is 0 Å². The fourth-order valence-electron chi connectivity index (χ4n) is 4.41. The number of aliphatic hydroxyl groups excluding tert-OH is 2. The zero-order chi connectivity index (χ0) is 21.4. The Kier molecular flexibility index (Phi) is 5.75. The van der Waals surface area contributed by atoms with Crippen molar-refractivity contribution >= 4 is 0 Å². The maximum absolute atomic E-state index is 10.7. The SMILES string of the molecule is COc1ccc([C@@H]2OC(O)[C@@H]3[C@H]2C(O)O[C@H]3c2ccc(OC)c(OC)c2)cc1OC. The number of fused-ring (bicyclic) bond motifs is 1. The van der Waals surface area contributed by atoms with Gasteiger partial charge in [-0.2, -0.15) is 0 Å². The number of rotatable bonds is 6. The van der Waals surface area contributed by atoms with Gasteiger partial charge in [-0.25, -0.2) is 0 Å². The average molecular weight is 418 g/mol. The molecule has 0 aromatic heterocycles. The van der Waals surface area contributed by atoms with Crippen molar-refractivity contribution in [3.8, 4) is 23.0 Å². The van der Waals surface area contributed by atoms with Gasteiger partial charge in [-0.3, -0.25) is 0 Å². The first-order chi connectivity index (χ1) is 14.5. The molecule has 0 spiro atoms. The Morgan fingerprint density at radius 1 is 0.600 bits per heavy atom. The van der Waals surface area contributed by atoms with Crippen LogP contribution in [-0.2, 0) is 9.47 Å². The quantitative estimate of drug-likeness (QED) is 0.739. The highest BCUT2D eigenvalue weighted by molar-refractivity contribution is 5.45. The number of ether oxygens (including phenoxy) is 6. The Labute approximate surface area is 174 Å². The lowest BCUT2D eigenvalue weighted by Crippen LogP contribution is -2.23. The predicted octanol–water partition coefficient (Wildman–Crippen LogP) is 2.43. The summed E-state index contributed by atoms with van der Waals surface area (Å²) >= 11 is 0. The highest BCUT2D eigenvalue weighted by Crippen LogP contribution is 2.55. The van der Waals surface area contributed by atoms with Gasteiger partial charge in [-0.1, -0.05) is 12.1 Å². The largest absolute Gasteiger partial charge is 0.493 e. The van der Waals surface area contributed by atoms with E-state index in [1.54, 1.807) is 52.7 Å². The van der Waals surface area contributed by atoms with Crippen molar-refractivity contribution in [3.05, 3.63) is 47.5 Å². The molecule has 0 radical (unpaired) electrons. The van der Waals surface area contributed by atoms with Crippen LogP contribution in [0.15, 0.2) is 36.4 Å². The lowest BCUT2D eigenvalue weighted by molar-refractivity contribution is -0.173. The zero-order valence-electron chi connectivity index (χ0n) is 17.3. The predicted molar refractivity (Wildman–Crippen MR) is 106 cm³/mol. The standard InChI is InChI=1S/C22H26O8/c1-25-13-7-5-11(9-15(13)27-3)19-17-18(22(24)29-19)20(30-21(17)23)12-6-8-14(26-2)16(10-12)28-4/h5-10,17-24H,1-4H3/t17-,18-,19+,20+,21?,22?/m1/s1. The van der Waals surface area contributed by atoms with E-state index in [1.807, 2.05) is 12.1 Å². The second kappa shape index (κ2) is 8.31. The average Bonchev–Trinajstić information content (AvgIpc) is 3.30. The molecule has 0 saturated carbocycles. The summed E-state index contributed by atoms with van der Waals surface area (Å²) in [5.74, 6) is 1.33. The Morgan fingerprint density at radius 2 is 0.967 bits per heavy atom. The molecular formula is C22H26O8. The molecule has 0 aliphatic carbocycles. The summed E-state index contributed by atoms with van der Waals surface area (Å²) in [7, 11) is 6.22. The second-order valence-corrected chi connectivity index (χ2v) is 7.28. The lowest BCUT2D eigenvalue weighted by atomic mass is 9.83. The molecule has 4 rings (SSSR count). The first-order valence-electron chi connectivity index (χ1n) is 9.63. The van der Waals surface area contributed by atoms with E-state index < -0.39 is 36.6 Å². The molecule has 2 N–H and O–H groups in total. The molecule has 162 valence electrons. The van der Waals surface area contributed by atoms with Crippen LogP contribution in [0.1, 0.15) is 23.3 Å². The molecule has 2 aliphatic heterocycles. The number of hydrogen-bond donors (Lipinski definition) is 2. The third kappa shape index (κ3) is 3.35. The van der Waals surface area contributed by atoms with Crippen LogP contribution in [0.2, 0.25) is 0 Å². The van der Waals surface area contributed by atoms with E-state index in [9.17, 15) is 10.2 Å². The van der Waals surface area contributed by atoms with Crippen LogP contribution >= 0.6 is 0 Å². The Morgan fingerprint density at radius 3 is 1.30 bits per heavy atom. The van der Waals surface area contributed by atoms with E-state index in [4.69, 9.17) is 28.4 Å². The molecule has 2 aromatic rings. The summed E-state index contributed by atoms with van der Waals surface area (Å²) in [6, 6.07) is 10.8. The number of aliphatic hydroxyl groups is 2. The van der Waals surface area contributed by atoms with Crippen LogP contribution < -0.4 is 18.9 Å². The molecule has 2 aliphatic rings. The fraction of sp³-hybridized carbons (Fsp3) is 0.455. The van der Waals surface area contributed by atoms with Crippen molar-refractivity contribution in [2.24, 2.45) is 11.8 Å². The molecule has 2 saturated heterocycles. The van der Waals surface area contributed by atoms with Gasteiger partial charge in [0, 0.05) is 0 Å². The maximum Gasteiger partial charge on any atom is 0.161 e. The van der Waals surface area contributed by atoms with E-state index in [0.29, 0.717) is 23.0 Å². The van der Waals surface area contributed by atoms with Gasteiger partial charge in [0.2, 0.25) is 0 Å². The van der Waals surface area contributed by atoms with Gasteiger partial charge >= 0.3 is 0 Å². The molecule has 2 unspecified atom stereocenters. The van der Waals surface area contributed by atoms with Crippen LogP contribution in [0.5, 0.6) is 23.0 Å². The minimum absolute atomic E-state index is 0.462. The number of methoxy groups -OCH3 is 4. The number of benzene rings is 2. The summed E-state index contributed by atoms with van der Waals surface area (Å²) in [6.45, 7) is 0. The van der Waals surface area contributed by atoms with E-state index in [0.717, 1.165) is 11.1 Å². The van der Waals surface area contributed by atoms with Gasteiger partial charge in [-0.05, 0) is 35.4 Å². The van der Waals surface area contributed by atoms with E-state index in [1.165, 1.54) is 0 Å². The van der Waals surface area contributed by atoms with Crippen molar-refractivity contribution in [3.63, 3.8) is 0 Å². The molecule has 30 heavy (non-hydrogen) atoms. The van der Waals surface area contributed by atoms with Gasteiger partial charge in [0.05, 0.1) is 52.5 Å². The van der Waals surface area contributed by atoms with Crippen LogP contribution in [-0.4, -0.2) is 51.2 Å². The van der Waals surface area contributed by atoms with Gasteiger partial charge in [0.1, 0.15) is 0 Å². The number of hydrogen-bond acceptors (Lipinski definition) is 8. The maximum atomic E-state index is 10.7. The minimum atomic E-state index is -1.11. The fourth-order valence-corrected chi connectivity index (χ4v) is 4.41. The van der Waals surface area contributed by atoms with E-state index in [2.05, 4.69) is 0 Å². The Bertz CT molecular complexity index is 827. The van der Waals surface area contributed by atoms with E-state index in [-0.39, 0.29) is 0 Å².